The molecule has 0 spiro atoms. The predicted molar refractivity (Wildman–Crippen MR) is 170 cm³/mol. The van der Waals surface area contributed by atoms with Crippen molar-refractivity contribution < 1.29 is 29.3 Å². The molecule has 1 saturated carbocycles. The number of aliphatic hydroxyl groups is 2. The van der Waals surface area contributed by atoms with E-state index in [1.807, 2.05) is 56.4 Å². The number of cyclic esters (lactones) is 1. The first-order valence-electron chi connectivity index (χ1n) is 16.3. The molecule has 1 aliphatic carbocycles. The summed E-state index contributed by atoms with van der Waals surface area (Å²) in [7, 11) is 0. The fourth-order valence-electron chi connectivity index (χ4n) is 6.39. The van der Waals surface area contributed by atoms with Crippen LogP contribution in [0, 0.1) is 5.92 Å². The molecule has 0 unspecified atom stereocenters. The molecule has 1 amide bonds. The lowest BCUT2D eigenvalue weighted by Gasteiger charge is -2.39. The molecular formula is C35H51N3O6. The van der Waals surface area contributed by atoms with E-state index < -0.39 is 36.0 Å². The maximum absolute atomic E-state index is 13.3. The molecule has 9 nitrogen and oxygen atoms in total. The number of pyridine rings is 1. The standard InChI is InChI=1S/C35H51N3O6/c1-25(30-14-7-8-19-36-30)10-9-11-26(2)33-27(3)15-16-31(35(4,42)18-17-29(39)24-32(40)44-33)43-34(41)38-22-20-37(21-23-38)28-12-5-6-13-28/h7-11,14-16,19,25,27-29,31,33,39,42H,5-6,12-13,17-18,20-24H2,1-4H3/b10-9+,16-15-,26-11+/t25-,27-,29-,31-,33+,35-/m0/s1. The van der Waals surface area contributed by atoms with Crippen molar-refractivity contribution >= 4 is 12.1 Å². The Balaban J connectivity index is 1.47. The monoisotopic (exact) mass is 609 g/mol. The van der Waals surface area contributed by atoms with Crippen LogP contribution in [0.3, 0.4) is 0 Å². The number of hydrogen-bond donors (Lipinski definition) is 2. The van der Waals surface area contributed by atoms with Crippen LogP contribution in [0.4, 0.5) is 4.79 Å². The van der Waals surface area contributed by atoms with E-state index in [4.69, 9.17) is 9.47 Å². The second-order valence-electron chi connectivity index (χ2n) is 13.0. The van der Waals surface area contributed by atoms with Crippen molar-refractivity contribution in [1.29, 1.82) is 0 Å². The van der Waals surface area contributed by atoms with Crippen molar-refractivity contribution in [1.82, 2.24) is 14.8 Å². The summed E-state index contributed by atoms with van der Waals surface area (Å²) in [5.74, 6) is -0.684. The average Bonchev–Trinajstić information content (AvgIpc) is 3.56. The van der Waals surface area contributed by atoms with Gasteiger partial charge in [0.25, 0.3) is 0 Å². The lowest BCUT2D eigenvalue weighted by Crippen LogP contribution is -2.53. The van der Waals surface area contributed by atoms with Crippen LogP contribution in [-0.4, -0.2) is 93.2 Å². The van der Waals surface area contributed by atoms with E-state index in [1.165, 1.54) is 25.7 Å². The molecule has 2 aliphatic heterocycles. The van der Waals surface area contributed by atoms with Crippen LogP contribution in [0.25, 0.3) is 0 Å². The van der Waals surface area contributed by atoms with Crippen molar-refractivity contribution in [2.24, 2.45) is 5.92 Å². The van der Waals surface area contributed by atoms with Crippen molar-refractivity contribution in [2.45, 2.75) is 109 Å². The zero-order valence-electron chi connectivity index (χ0n) is 26.8. The highest BCUT2D eigenvalue weighted by Crippen LogP contribution is 2.28. The second-order valence-corrected chi connectivity index (χ2v) is 13.0. The zero-order chi connectivity index (χ0) is 31.7. The summed E-state index contributed by atoms with van der Waals surface area (Å²) in [5.41, 5.74) is 0.347. The fourth-order valence-corrected chi connectivity index (χ4v) is 6.39. The minimum atomic E-state index is -1.44. The molecule has 9 heteroatoms. The number of carbonyl (C=O) groups excluding carboxylic acids is 2. The maximum atomic E-state index is 13.3. The number of hydrogen-bond acceptors (Lipinski definition) is 8. The lowest BCUT2D eigenvalue weighted by molar-refractivity contribution is -0.151. The van der Waals surface area contributed by atoms with E-state index in [1.54, 1.807) is 24.1 Å². The third-order valence-electron chi connectivity index (χ3n) is 9.33. The third kappa shape index (κ3) is 9.49. The van der Waals surface area contributed by atoms with Crippen LogP contribution >= 0.6 is 0 Å². The first-order valence-corrected chi connectivity index (χ1v) is 16.3. The molecule has 4 rings (SSSR count). The van der Waals surface area contributed by atoms with E-state index in [0.717, 1.165) is 24.4 Å². The van der Waals surface area contributed by atoms with Gasteiger partial charge in [-0.25, -0.2) is 4.79 Å². The van der Waals surface area contributed by atoms with Gasteiger partial charge in [-0.1, -0.05) is 57.1 Å². The molecule has 0 bridgehead atoms. The Kier molecular flexibility index (Phi) is 12.2. The quantitative estimate of drug-likeness (QED) is 0.259. The summed E-state index contributed by atoms with van der Waals surface area (Å²) in [6, 6.07) is 6.44. The summed E-state index contributed by atoms with van der Waals surface area (Å²) in [6.07, 6.45) is 13.4. The molecule has 1 aromatic heterocycles. The first kappa shape index (κ1) is 33.9. The van der Waals surface area contributed by atoms with Crippen LogP contribution in [0.5, 0.6) is 0 Å². The minimum Gasteiger partial charge on any atom is -0.457 e. The number of aliphatic hydroxyl groups excluding tert-OH is 1. The second kappa shape index (κ2) is 15.8. The highest BCUT2D eigenvalue weighted by Gasteiger charge is 2.37. The number of aromatic nitrogens is 1. The van der Waals surface area contributed by atoms with Crippen LogP contribution < -0.4 is 0 Å². The van der Waals surface area contributed by atoms with Gasteiger partial charge in [0.2, 0.25) is 0 Å². The Hall–Kier alpha value is -3.01. The summed E-state index contributed by atoms with van der Waals surface area (Å²) >= 11 is 0. The first-order chi connectivity index (χ1) is 21.0. The molecule has 1 saturated heterocycles. The van der Waals surface area contributed by atoms with E-state index in [9.17, 15) is 19.8 Å². The Morgan fingerprint density at radius 1 is 1.16 bits per heavy atom. The number of rotatable bonds is 6. The molecule has 2 N–H and O–H groups in total. The number of piperazine rings is 1. The van der Waals surface area contributed by atoms with Gasteiger partial charge in [-0.05, 0) is 63.3 Å². The highest BCUT2D eigenvalue weighted by molar-refractivity contribution is 5.70. The molecule has 242 valence electrons. The average molecular weight is 610 g/mol. The fraction of sp³-hybridized carbons (Fsp3) is 0.629. The largest absolute Gasteiger partial charge is 0.457 e. The molecule has 6 atom stereocenters. The summed E-state index contributed by atoms with van der Waals surface area (Å²) in [5, 5.41) is 22.1. The third-order valence-corrected chi connectivity index (χ3v) is 9.33. The Bertz CT molecular complexity index is 1170. The van der Waals surface area contributed by atoms with Gasteiger partial charge >= 0.3 is 12.1 Å². The van der Waals surface area contributed by atoms with E-state index in [2.05, 4.69) is 16.8 Å². The zero-order valence-corrected chi connectivity index (χ0v) is 26.8. The Morgan fingerprint density at radius 2 is 1.89 bits per heavy atom. The predicted octanol–water partition coefficient (Wildman–Crippen LogP) is 5.15. The van der Waals surface area contributed by atoms with Crippen molar-refractivity contribution in [3.63, 3.8) is 0 Å². The SMILES string of the molecule is C/C(=C\C=C\[C@H](C)c1ccccn1)[C@H]1OC(=O)C[C@@H](O)CC[C@](C)(O)[C@@H](OC(=O)N2CCN(C3CCCC3)CC2)/C=C\[C@@H]1C. The summed E-state index contributed by atoms with van der Waals surface area (Å²) < 4.78 is 11.8. The van der Waals surface area contributed by atoms with E-state index in [0.29, 0.717) is 19.1 Å². The number of esters is 1. The Morgan fingerprint density at radius 3 is 2.57 bits per heavy atom. The molecule has 3 aliphatic rings. The number of nitrogens with zero attached hydrogens (tertiary/aromatic N) is 3. The van der Waals surface area contributed by atoms with Crippen LogP contribution in [0.2, 0.25) is 0 Å². The van der Waals surface area contributed by atoms with Gasteiger partial charge in [0.05, 0.1) is 12.5 Å². The van der Waals surface area contributed by atoms with Gasteiger partial charge in [0.15, 0.2) is 6.10 Å². The van der Waals surface area contributed by atoms with Crippen molar-refractivity contribution in [3.8, 4) is 0 Å². The smallest absolute Gasteiger partial charge is 0.410 e. The number of allylic oxidation sites excluding steroid dienone is 3. The summed E-state index contributed by atoms with van der Waals surface area (Å²) in [4.78, 5) is 34.7. The molecular weight excluding hydrogens is 558 g/mol. The van der Waals surface area contributed by atoms with Crippen LogP contribution in [-0.2, 0) is 14.3 Å². The van der Waals surface area contributed by atoms with Crippen molar-refractivity contribution in [3.05, 3.63) is 66.0 Å². The topological polar surface area (TPSA) is 112 Å². The molecule has 2 fully saturated rings. The van der Waals surface area contributed by atoms with Crippen molar-refractivity contribution in [2.75, 3.05) is 26.2 Å². The highest BCUT2D eigenvalue weighted by atomic mass is 16.6. The van der Waals surface area contributed by atoms with Gasteiger partial charge in [-0.15, -0.1) is 0 Å². The number of ether oxygens (including phenoxy) is 2. The normalized spacial score (nSPS) is 31.6. The van der Waals surface area contributed by atoms with Gasteiger partial charge in [-0.3, -0.25) is 14.7 Å². The Labute approximate surface area is 262 Å². The number of carbonyl (C=O) groups is 2. The molecule has 44 heavy (non-hydrogen) atoms. The maximum Gasteiger partial charge on any atom is 0.410 e. The molecule has 1 aromatic rings. The summed E-state index contributed by atoms with van der Waals surface area (Å²) in [6.45, 7) is 10.3. The van der Waals surface area contributed by atoms with Gasteiger partial charge < -0.3 is 24.6 Å². The molecule has 3 heterocycles. The minimum absolute atomic E-state index is 0.106. The van der Waals surface area contributed by atoms with Gasteiger partial charge in [0.1, 0.15) is 11.7 Å². The lowest BCUT2D eigenvalue weighted by atomic mass is 9.88. The van der Waals surface area contributed by atoms with E-state index in [-0.39, 0.29) is 31.1 Å². The number of amides is 1. The van der Waals surface area contributed by atoms with E-state index >= 15 is 0 Å². The van der Waals surface area contributed by atoms with Gasteiger partial charge in [-0.2, -0.15) is 0 Å². The van der Waals surface area contributed by atoms with Crippen LogP contribution in [0.15, 0.2) is 60.3 Å². The van der Waals surface area contributed by atoms with Gasteiger partial charge in [0, 0.05) is 55.9 Å². The molecule has 0 radical (unpaired) electrons. The van der Waals surface area contributed by atoms with Crippen LogP contribution in [0.1, 0.15) is 84.3 Å². The molecule has 0 aromatic carbocycles.